The lowest BCUT2D eigenvalue weighted by Gasteiger charge is -2.38. The van der Waals surface area contributed by atoms with Gasteiger partial charge in [-0.2, -0.15) is 10.2 Å². The van der Waals surface area contributed by atoms with Crippen molar-refractivity contribution in [1.29, 1.82) is 0 Å². The summed E-state index contributed by atoms with van der Waals surface area (Å²) in [6.45, 7) is 8.35. The molecule has 0 bridgehead atoms. The van der Waals surface area contributed by atoms with Gasteiger partial charge in [0.2, 0.25) is 11.8 Å². The number of aromatic nitrogens is 9. The topological polar surface area (TPSA) is 147 Å². The SMILES string of the molecule is O=C(C1CCN(Cc2ccncc2)CC1)N1CCC(n2c(-c3ccccn3)nc3cc(-c4cccc(-c5nc6ccccc6n5C5CCN(C(=O)C6CCN(Cc7ccnnc7)CC6)CC5)n4)ccc32)CC1. The van der Waals surface area contributed by atoms with Crippen LogP contribution in [0, 0.1) is 11.8 Å². The van der Waals surface area contributed by atoms with Crippen LogP contribution in [0.4, 0.5) is 0 Å². The Morgan fingerprint density at radius 2 is 1.04 bits per heavy atom. The number of imidazole rings is 2. The minimum absolute atomic E-state index is 0.0678. The Bertz CT molecular complexity index is 3150. The lowest BCUT2D eigenvalue weighted by Crippen LogP contribution is -2.45. The molecule has 2 amide bonds. The highest BCUT2D eigenvalue weighted by Crippen LogP contribution is 2.38. The standard InChI is InChI=1S/C57H61N13O2/c71-56(42-16-28-65(29-17-42)38-40-13-25-58-26-14-40)68-34-22-46(23-35-68)70-53-12-11-44(36-51(53)64-54(70)49-7-3-4-24-59-49)47-8-5-9-50(62-47)55-63-48-6-1-2-10-52(48)69(55)45-20-32-67(33-21-45)57(72)43-18-30-66(31-19-43)39-41-15-27-60-61-37-41/h1-15,24-27,36-37,42-43,45-46H,16-23,28-35,38-39H2. The number of para-hydroxylation sites is 2. The Hall–Kier alpha value is -7.23. The summed E-state index contributed by atoms with van der Waals surface area (Å²) in [5.41, 5.74) is 9.86. The highest BCUT2D eigenvalue weighted by atomic mass is 16.2. The minimum Gasteiger partial charge on any atom is -0.342 e. The Morgan fingerprint density at radius 1 is 0.472 bits per heavy atom. The Labute approximate surface area is 420 Å². The summed E-state index contributed by atoms with van der Waals surface area (Å²) < 4.78 is 4.75. The van der Waals surface area contributed by atoms with Crippen molar-refractivity contribution in [3.63, 3.8) is 0 Å². The van der Waals surface area contributed by atoms with E-state index in [1.54, 1.807) is 6.20 Å². The Morgan fingerprint density at radius 3 is 1.68 bits per heavy atom. The van der Waals surface area contributed by atoms with Crippen molar-refractivity contribution in [2.75, 3.05) is 52.4 Å². The number of carbonyl (C=O) groups is 2. The molecule has 0 unspecified atom stereocenters. The Balaban J connectivity index is 0.741. The van der Waals surface area contributed by atoms with E-state index in [-0.39, 0.29) is 23.9 Å². The van der Waals surface area contributed by atoms with Gasteiger partial charge in [0.1, 0.15) is 11.4 Å². The Kier molecular flexibility index (Phi) is 13.0. The van der Waals surface area contributed by atoms with E-state index in [0.29, 0.717) is 11.8 Å². The lowest BCUT2D eigenvalue weighted by atomic mass is 9.93. The third-order valence-corrected chi connectivity index (χ3v) is 15.8. The van der Waals surface area contributed by atoms with Crippen LogP contribution in [0.25, 0.3) is 56.4 Å². The van der Waals surface area contributed by atoms with E-state index in [1.807, 2.05) is 55.1 Å². The quantitative estimate of drug-likeness (QED) is 0.123. The van der Waals surface area contributed by atoms with Crippen LogP contribution in [-0.2, 0) is 22.7 Å². The van der Waals surface area contributed by atoms with Crippen LogP contribution in [0.15, 0.2) is 128 Å². The molecule has 4 fully saturated rings. The van der Waals surface area contributed by atoms with Crippen molar-refractivity contribution >= 4 is 33.9 Å². The maximum absolute atomic E-state index is 13.9. The molecule has 15 nitrogen and oxygen atoms in total. The number of likely N-dealkylation sites (tertiary alicyclic amines) is 4. The van der Waals surface area contributed by atoms with E-state index < -0.39 is 0 Å². The average molecular weight is 960 g/mol. The zero-order valence-electron chi connectivity index (χ0n) is 40.8. The molecule has 0 N–H and O–H groups in total. The van der Waals surface area contributed by atoms with Crippen molar-refractivity contribution in [2.24, 2.45) is 11.8 Å². The van der Waals surface area contributed by atoms with Gasteiger partial charge < -0.3 is 18.9 Å². The molecule has 12 rings (SSSR count). The number of nitrogens with zero attached hydrogens (tertiary/aromatic N) is 13. The van der Waals surface area contributed by atoms with E-state index in [9.17, 15) is 9.59 Å². The number of pyridine rings is 3. The molecule has 2 aromatic carbocycles. The summed E-state index contributed by atoms with van der Waals surface area (Å²) in [5.74, 6) is 2.45. The molecule has 6 aromatic heterocycles. The van der Waals surface area contributed by atoms with Gasteiger partial charge in [-0.05, 0) is 155 Å². The minimum atomic E-state index is 0.0678. The molecule has 0 spiro atoms. The third kappa shape index (κ3) is 9.50. The molecule has 15 heteroatoms. The second kappa shape index (κ2) is 20.5. The summed E-state index contributed by atoms with van der Waals surface area (Å²) in [4.78, 5) is 61.7. The first-order valence-electron chi connectivity index (χ1n) is 26.0. The second-order valence-electron chi connectivity index (χ2n) is 20.2. The van der Waals surface area contributed by atoms with Crippen molar-refractivity contribution in [3.05, 3.63) is 139 Å². The molecule has 10 heterocycles. The predicted octanol–water partition coefficient (Wildman–Crippen LogP) is 8.51. The van der Waals surface area contributed by atoms with Gasteiger partial charge in [0, 0.05) is 93.5 Å². The number of hydrogen-bond acceptors (Lipinski definition) is 11. The molecule has 0 atom stereocenters. The first-order valence-corrected chi connectivity index (χ1v) is 26.0. The molecule has 366 valence electrons. The number of benzene rings is 2. The van der Waals surface area contributed by atoms with E-state index in [1.165, 1.54) is 5.56 Å². The first-order chi connectivity index (χ1) is 35.5. The fourth-order valence-electron chi connectivity index (χ4n) is 11.9. The van der Waals surface area contributed by atoms with Crippen molar-refractivity contribution in [1.82, 2.24) is 63.9 Å². The van der Waals surface area contributed by atoms with E-state index >= 15 is 0 Å². The number of fused-ring (bicyclic) bond motifs is 2. The van der Waals surface area contributed by atoms with E-state index in [4.69, 9.17) is 19.9 Å². The van der Waals surface area contributed by atoms with Gasteiger partial charge in [-0.25, -0.2) is 15.0 Å². The van der Waals surface area contributed by atoms with Gasteiger partial charge in [-0.15, -0.1) is 0 Å². The highest BCUT2D eigenvalue weighted by molar-refractivity contribution is 5.86. The van der Waals surface area contributed by atoms with Crippen LogP contribution in [0.2, 0.25) is 0 Å². The van der Waals surface area contributed by atoms with Gasteiger partial charge in [0.25, 0.3) is 0 Å². The zero-order valence-corrected chi connectivity index (χ0v) is 40.8. The molecule has 8 aromatic rings. The number of hydrogen-bond donors (Lipinski definition) is 0. The van der Waals surface area contributed by atoms with Crippen molar-refractivity contribution in [3.8, 4) is 34.3 Å². The monoisotopic (exact) mass is 960 g/mol. The molecular weight excluding hydrogens is 899 g/mol. The largest absolute Gasteiger partial charge is 0.342 e. The lowest BCUT2D eigenvalue weighted by molar-refractivity contribution is -0.139. The van der Waals surface area contributed by atoms with Gasteiger partial charge >= 0.3 is 0 Å². The van der Waals surface area contributed by atoms with Crippen LogP contribution in [0.5, 0.6) is 0 Å². The number of piperidine rings is 4. The fraction of sp³-hybridized carbons (Fsp3) is 0.386. The number of amides is 2. The molecule has 0 aliphatic carbocycles. The predicted molar refractivity (Wildman–Crippen MR) is 277 cm³/mol. The molecule has 4 saturated heterocycles. The smallest absolute Gasteiger partial charge is 0.225 e. The summed E-state index contributed by atoms with van der Waals surface area (Å²) in [6.07, 6.45) is 16.1. The summed E-state index contributed by atoms with van der Waals surface area (Å²) >= 11 is 0. The van der Waals surface area contributed by atoms with Crippen molar-refractivity contribution < 1.29 is 9.59 Å². The summed E-state index contributed by atoms with van der Waals surface area (Å²) in [6, 6.07) is 33.6. The molecule has 0 radical (unpaired) electrons. The molecular formula is C57H61N13O2. The van der Waals surface area contributed by atoms with E-state index in [2.05, 4.69) is 111 Å². The number of carbonyl (C=O) groups excluding carboxylic acids is 2. The molecule has 4 aliphatic rings. The normalized spacial score (nSPS) is 18.3. The fourth-order valence-corrected chi connectivity index (χ4v) is 11.9. The average Bonchev–Trinajstić information content (AvgIpc) is 4.04. The van der Waals surface area contributed by atoms with Gasteiger partial charge in [-0.3, -0.25) is 29.4 Å². The maximum atomic E-state index is 13.9. The third-order valence-electron chi connectivity index (χ3n) is 15.8. The van der Waals surface area contributed by atoms with Gasteiger partial charge in [0.15, 0.2) is 11.6 Å². The number of rotatable bonds is 11. The molecule has 72 heavy (non-hydrogen) atoms. The summed E-state index contributed by atoms with van der Waals surface area (Å²) in [7, 11) is 0. The zero-order chi connectivity index (χ0) is 48.4. The molecule has 0 saturated carbocycles. The second-order valence-corrected chi connectivity index (χ2v) is 20.2. The van der Waals surface area contributed by atoms with Gasteiger partial charge in [-0.1, -0.05) is 30.3 Å². The maximum Gasteiger partial charge on any atom is 0.225 e. The first kappa shape index (κ1) is 45.9. The van der Waals surface area contributed by atoms with Crippen LogP contribution in [0.1, 0.15) is 74.6 Å². The van der Waals surface area contributed by atoms with Crippen LogP contribution < -0.4 is 0 Å². The van der Waals surface area contributed by atoms with Crippen LogP contribution >= 0.6 is 0 Å². The highest BCUT2D eigenvalue weighted by Gasteiger charge is 2.35. The van der Waals surface area contributed by atoms with Gasteiger partial charge in [0.05, 0.1) is 34.0 Å². The molecule has 4 aliphatic heterocycles. The van der Waals surface area contributed by atoms with Crippen LogP contribution in [0.3, 0.4) is 0 Å². The van der Waals surface area contributed by atoms with Crippen LogP contribution in [-0.4, -0.2) is 128 Å². The van der Waals surface area contributed by atoms with Crippen molar-refractivity contribution in [2.45, 2.75) is 76.5 Å². The van der Waals surface area contributed by atoms with E-state index in [0.717, 1.165) is 179 Å². The summed E-state index contributed by atoms with van der Waals surface area (Å²) in [5, 5.41) is 7.93.